The molecule has 0 saturated carbocycles. The largest absolute Gasteiger partial charge is 0.392 e. The highest BCUT2D eigenvalue weighted by atomic mass is 19.1. The summed E-state index contributed by atoms with van der Waals surface area (Å²) in [7, 11) is 0. The number of para-hydroxylation sites is 2. The van der Waals surface area contributed by atoms with E-state index in [-0.39, 0.29) is 12.4 Å². The molecule has 96 valence electrons. The molecule has 3 aromatic rings. The van der Waals surface area contributed by atoms with Crippen molar-refractivity contribution in [2.75, 3.05) is 0 Å². The Labute approximate surface area is 109 Å². The molecule has 3 rings (SSSR count). The summed E-state index contributed by atoms with van der Waals surface area (Å²) >= 11 is 0. The van der Waals surface area contributed by atoms with Gasteiger partial charge >= 0.3 is 0 Å². The van der Waals surface area contributed by atoms with Crippen molar-refractivity contribution in [1.29, 1.82) is 0 Å². The smallest absolute Gasteiger partial charge is 0.147 e. The summed E-state index contributed by atoms with van der Waals surface area (Å²) in [5, 5.41) is 9.02. The van der Waals surface area contributed by atoms with E-state index in [1.54, 1.807) is 16.7 Å². The van der Waals surface area contributed by atoms with E-state index < -0.39 is 0 Å². The molecule has 1 aromatic heterocycles. The first-order chi connectivity index (χ1) is 9.20. The van der Waals surface area contributed by atoms with Crippen LogP contribution < -0.4 is 0 Å². The van der Waals surface area contributed by atoms with Gasteiger partial charge in [0.25, 0.3) is 0 Å². The van der Waals surface area contributed by atoms with Gasteiger partial charge in [0.2, 0.25) is 0 Å². The topological polar surface area (TPSA) is 38.0 Å². The fraction of sp³-hybridized carbons (Fsp3) is 0.133. The van der Waals surface area contributed by atoms with Gasteiger partial charge in [0.05, 0.1) is 23.3 Å². The third-order valence-corrected chi connectivity index (χ3v) is 3.16. The van der Waals surface area contributed by atoms with Crippen molar-refractivity contribution in [2.24, 2.45) is 0 Å². The molecule has 2 aromatic carbocycles. The lowest BCUT2D eigenvalue weighted by Crippen LogP contribution is -2.01. The number of rotatable bonds is 2. The standard InChI is InChI=1S/C15H13FN2O/c1-10-17-13-4-2-3-5-15(13)18(10)14-7-6-11(9-19)8-12(14)16/h2-8,19H,9H2,1H3. The molecule has 0 aliphatic heterocycles. The zero-order valence-electron chi connectivity index (χ0n) is 10.5. The van der Waals surface area contributed by atoms with Gasteiger partial charge in [-0.15, -0.1) is 0 Å². The molecule has 0 unspecified atom stereocenters. The Kier molecular flexibility index (Phi) is 2.80. The van der Waals surface area contributed by atoms with Crippen LogP contribution in [0, 0.1) is 12.7 Å². The van der Waals surface area contributed by atoms with Gasteiger partial charge in [-0.05, 0) is 36.8 Å². The van der Waals surface area contributed by atoms with Gasteiger partial charge in [0.15, 0.2) is 0 Å². The summed E-state index contributed by atoms with van der Waals surface area (Å²) in [6, 6.07) is 12.4. The average Bonchev–Trinajstić information content (AvgIpc) is 2.75. The molecule has 0 saturated heterocycles. The van der Waals surface area contributed by atoms with Crippen molar-refractivity contribution < 1.29 is 9.50 Å². The molecule has 4 heteroatoms. The minimum atomic E-state index is -0.363. The lowest BCUT2D eigenvalue weighted by Gasteiger charge is -2.09. The Morgan fingerprint density at radius 3 is 2.74 bits per heavy atom. The van der Waals surface area contributed by atoms with Crippen molar-refractivity contribution in [3.05, 3.63) is 59.7 Å². The van der Waals surface area contributed by atoms with E-state index in [1.807, 2.05) is 31.2 Å². The maximum atomic E-state index is 14.1. The molecule has 0 fully saturated rings. The molecule has 0 radical (unpaired) electrons. The fourth-order valence-corrected chi connectivity index (χ4v) is 2.28. The van der Waals surface area contributed by atoms with E-state index in [2.05, 4.69) is 4.98 Å². The minimum Gasteiger partial charge on any atom is -0.392 e. The number of aliphatic hydroxyl groups is 1. The predicted molar refractivity (Wildman–Crippen MR) is 71.7 cm³/mol. The molecule has 1 N–H and O–H groups in total. The second-order valence-corrected chi connectivity index (χ2v) is 4.43. The molecular weight excluding hydrogens is 243 g/mol. The number of hydrogen-bond acceptors (Lipinski definition) is 2. The van der Waals surface area contributed by atoms with Crippen LogP contribution in [0.15, 0.2) is 42.5 Å². The first-order valence-electron chi connectivity index (χ1n) is 6.04. The zero-order valence-corrected chi connectivity index (χ0v) is 10.5. The van der Waals surface area contributed by atoms with Crippen molar-refractivity contribution in [1.82, 2.24) is 9.55 Å². The molecular formula is C15H13FN2O. The van der Waals surface area contributed by atoms with Crippen molar-refractivity contribution >= 4 is 11.0 Å². The van der Waals surface area contributed by atoms with Crippen LogP contribution in [0.25, 0.3) is 16.7 Å². The van der Waals surface area contributed by atoms with E-state index >= 15 is 0 Å². The number of nitrogens with zero attached hydrogens (tertiary/aromatic N) is 2. The van der Waals surface area contributed by atoms with Crippen LogP contribution in [0.2, 0.25) is 0 Å². The van der Waals surface area contributed by atoms with Gasteiger partial charge in [0.1, 0.15) is 11.6 Å². The van der Waals surface area contributed by atoms with Gasteiger partial charge in [0, 0.05) is 0 Å². The summed E-state index contributed by atoms with van der Waals surface area (Å²) in [6.07, 6.45) is 0. The monoisotopic (exact) mass is 256 g/mol. The number of aryl methyl sites for hydroxylation is 1. The average molecular weight is 256 g/mol. The third-order valence-electron chi connectivity index (χ3n) is 3.16. The first kappa shape index (κ1) is 11.9. The van der Waals surface area contributed by atoms with Crippen LogP contribution in [-0.4, -0.2) is 14.7 Å². The Morgan fingerprint density at radius 1 is 1.21 bits per heavy atom. The number of aromatic nitrogens is 2. The van der Waals surface area contributed by atoms with Gasteiger partial charge in [-0.1, -0.05) is 18.2 Å². The molecule has 0 aliphatic carbocycles. The van der Waals surface area contributed by atoms with Crippen LogP contribution in [0.1, 0.15) is 11.4 Å². The Morgan fingerprint density at radius 2 is 2.00 bits per heavy atom. The highest BCUT2D eigenvalue weighted by Crippen LogP contribution is 2.23. The minimum absolute atomic E-state index is 0.166. The van der Waals surface area contributed by atoms with Crippen LogP contribution in [0.4, 0.5) is 4.39 Å². The molecule has 3 nitrogen and oxygen atoms in total. The number of fused-ring (bicyclic) bond motifs is 1. The summed E-state index contributed by atoms with van der Waals surface area (Å²) < 4.78 is 15.9. The summed E-state index contributed by atoms with van der Waals surface area (Å²) in [5.41, 5.74) is 2.72. The SMILES string of the molecule is Cc1nc2ccccc2n1-c1ccc(CO)cc1F. The fourth-order valence-electron chi connectivity index (χ4n) is 2.28. The molecule has 0 atom stereocenters. The second kappa shape index (κ2) is 4.48. The van der Waals surface area contributed by atoms with E-state index in [9.17, 15) is 4.39 Å². The quantitative estimate of drug-likeness (QED) is 0.765. The summed E-state index contributed by atoms with van der Waals surface area (Å²) in [5.74, 6) is 0.370. The van der Waals surface area contributed by atoms with Crippen LogP contribution in [-0.2, 0) is 6.61 Å². The van der Waals surface area contributed by atoms with E-state index in [0.717, 1.165) is 16.9 Å². The number of hydrogen-bond donors (Lipinski definition) is 1. The number of benzene rings is 2. The van der Waals surface area contributed by atoms with E-state index in [4.69, 9.17) is 5.11 Å². The highest BCUT2D eigenvalue weighted by molar-refractivity contribution is 5.78. The Hall–Kier alpha value is -2.20. The van der Waals surface area contributed by atoms with Crippen molar-refractivity contribution in [3.63, 3.8) is 0 Å². The van der Waals surface area contributed by atoms with Gasteiger partial charge < -0.3 is 5.11 Å². The lowest BCUT2D eigenvalue weighted by molar-refractivity contribution is 0.281. The molecule has 19 heavy (non-hydrogen) atoms. The third kappa shape index (κ3) is 1.90. The second-order valence-electron chi connectivity index (χ2n) is 4.43. The van der Waals surface area contributed by atoms with Gasteiger partial charge in [-0.2, -0.15) is 0 Å². The molecule has 0 bridgehead atoms. The number of halogens is 1. The zero-order chi connectivity index (χ0) is 13.4. The predicted octanol–water partition coefficient (Wildman–Crippen LogP) is 2.97. The lowest BCUT2D eigenvalue weighted by atomic mass is 10.2. The maximum Gasteiger partial charge on any atom is 0.147 e. The number of aliphatic hydroxyl groups excluding tert-OH is 1. The molecule has 1 heterocycles. The molecule has 0 spiro atoms. The van der Waals surface area contributed by atoms with Gasteiger partial charge in [-0.3, -0.25) is 4.57 Å². The Bertz CT molecular complexity index is 749. The van der Waals surface area contributed by atoms with E-state index in [0.29, 0.717) is 11.3 Å². The molecule has 0 aliphatic rings. The number of imidazole rings is 1. The van der Waals surface area contributed by atoms with Crippen molar-refractivity contribution in [3.8, 4) is 5.69 Å². The van der Waals surface area contributed by atoms with Crippen molar-refractivity contribution in [2.45, 2.75) is 13.5 Å². The summed E-state index contributed by atoms with van der Waals surface area (Å²) in [6.45, 7) is 1.68. The Balaban J connectivity index is 2.27. The van der Waals surface area contributed by atoms with E-state index in [1.165, 1.54) is 6.07 Å². The normalized spacial score (nSPS) is 11.1. The van der Waals surface area contributed by atoms with Crippen LogP contribution in [0.3, 0.4) is 0 Å². The maximum absolute atomic E-state index is 14.1. The first-order valence-corrected chi connectivity index (χ1v) is 6.04. The van der Waals surface area contributed by atoms with Crippen LogP contribution in [0.5, 0.6) is 0 Å². The highest BCUT2D eigenvalue weighted by Gasteiger charge is 2.12. The van der Waals surface area contributed by atoms with Crippen LogP contribution >= 0.6 is 0 Å². The molecule has 0 amide bonds. The van der Waals surface area contributed by atoms with Gasteiger partial charge in [-0.25, -0.2) is 9.37 Å². The summed E-state index contributed by atoms with van der Waals surface area (Å²) in [4.78, 5) is 4.42.